The Balaban J connectivity index is 3.68. The predicted molar refractivity (Wildman–Crippen MR) is 256 cm³/mol. The molecule has 2 atom stereocenters. The number of esters is 1. The van der Waals surface area contributed by atoms with E-state index in [1.165, 1.54) is 83.5 Å². The number of carbonyl (C=O) groups excluding carboxylic acids is 2. The minimum atomic E-state index is -4.44. The molecule has 3 N–H and O–H groups in total. The molecule has 0 aliphatic heterocycles. The largest absolute Gasteiger partial charge is 0.472 e. The number of nitrogens with one attached hydrogen (secondary N) is 1. The molecule has 0 radical (unpaired) electrons. The van der Waals surface area contributed by atoms with Gasteiger partial charge in [-0.3, -0.25) is 18.6 Å². The molecule has 0 aliphatic carbocycles. The first-order chi connectivity index (χ1) is 29.8. The average Bonchev–Trinajstić information content (AvgIpc) is 3.25. The van der Waals surface area contributed by atoms with Gasteiger partial charge >= 0.3 is 13.8 Å². The minimum absolute atomic E-state index is 0.0667. The Labute approximate surface area is 372 Å². The molecule has 0 aromatic heterocycles. The number of aliphatic hydroxyl groups is 1. The van der Waals surface area contributed by atoms with Gasteiger partial charge < -0.3 is 20.1 Å². The Hall–Kier alpha value is -3.07. The molecular weight excluding hydrogens is 786 g/mol. The van der Waals surface area contributed by atoms with Crippen molar-refractivity contribution in [1.29, 1.82) is 0 Å². The number of allylic oxidation sites excluding steroid dienone is 16. The SMILES string of the molecule is CC/C=C\C/C=C\C/C=C\C/C=C\C/C=C\C/C=C\CCC(=O)OCC(O)COP(=O)(O)OCCNC(=O)CCCCCCCCCCCCC/C=C\C/C=C\CCCCC. The Morgan fingerprint density at radius 3 is 1.44 bits per heavy atom. The van der Waals surface area contributed by atoms with Crippen LogP contribution in [0, 0.1) is 0 Å². The maximum absolute atomic E-state index is 12.1. The first-order valence-electron chi connectivity index (χ1n) is 23.7. The number of aliphatic hydroxyl groups excluding tert-OH is 1. The normalized spacial score (nSPS) is 14.1. The van der Waals surface area contributed by atoms with Crippen molar-refractivity contribution in [3.8, 4) is 0 Å². The maximum atomic E-state index is 12.1. The fourth-order valence-corrected chi connectivity index (χ4v) is 6.72. The lowest BCUT2D eigenvalue weighted by atomic mass is 10.0. The van der Waals surface area contributed by atoms with Gasteiger partial charge in [-0.05, 0) is 83.5 Å². The molecule has 0 saturated carbocycles. The summed E-state index contributed by atoms with van der Waals surface area (Å²) in [6.07, 6.45) is 60.7. The monoisotopic (exact) mass is 872 g/mol. The molecule has 0 aromatic rings. The summed E-state index contributed by atoms with van der Waals surface area (Å²) in [5.74, 6) is -0.610. The zero-order valence-corrected chi connectivity index (χ0v) is 39.2. The van der Waals surface area contributed by atoms with Gasteiger partial charge in [0.2, 0.25) is 5.91 Å². The van der Waals surface area contributed by atoms with Gasteiger partial charge in [0.15, 0.2) is 0 Å². The lowest BCUT2D eigenvalue weighted by Crippen LogP contribution is -2.27. The van der Waals surface area contributed by atoms with Gasteiger partial charge in [-0.1, -0.05) is 182 Å². The maximum Gasteiger partial charge on any atom is 0.472 e. The quantitative estimate of drug-likeness (QED) is 0.0239. The number of hydrogen-bond acceptors (Lipinski definition) is 7. The molecule has 0 spiro atoms. The third-order valence-electron chi connectivity index (χ3n) is 9.51. The summed E-state index contributed by atoms with van der Waals surface area (Å²) in [6.45, 7) is 3.32. The van der Waals surface area contributed by atoms with Crippen LogP contribution < -0.4 is 5.32 Å². The summed E-state index contributed by atoms with van der Waals surface area (Å²) in [4.78, 5) is 34.0. The van der Waals surface area contributed by atoms with Crippen LogP contribution in [-0.4, -0.2) is 54.3 Å². The zero-order valence-electron chi connectivity index (χ0n) is 38.3. The number of amides is 1. The molecule has 1 amide bonds. The zero-order chi connectivity index (χ0) is 44.6. The lowest BCUT2D eigenvalue weighted by molar-refractivity contribution is -0.147. The molecule has 0 heterocycles. The van der Waals surface area contributed by atoms with Crippen LogP contribution in [-0.2, 0) is 27.9 Å². The fourth-order valence-electron chi connectivity index (χ4n) is 5.97. The van der Waals surface area contributed by atoms with Gasteiger partial charge in [0.25, 0.3) is 0 Å². The fraction of sp³-hybridized carbons (Fsp3) is 0.647. The molecular formula is C51H86NO8P. The molecule has 0 rings (SSSR count). The molecule has 2 unspecified atom stereocenters. The van der Waals surface area contributed by atoms with Crippen LogP contribution in [0.3, 0.4) is 0 Å². The molecule has 0 aliphatic rings. The van der Waals surface area contributed by atoms with Crippen molar-refractivity contribution < 1.29 is 37.9 Å². The number of phosphoric acid groups is 1. The number of phosphoric ester groups is 1. The van der Waals surface area contributed by atoms with Crippen LogP contribution >= 0.6 is 7.82 Å². The van der Waals surface area contributed by atoms with E-state index < -0.39 is 26.5 Å². The smallest absolute Gasteiger partial charge is 0.463 e. The first-order valence-corrected chi connectivity index (χ1v) is 25.2. The Kier molecular flexibility index (Phi) is 44.1. The second-order valence-electron chi connectivity index (χ2n) is 15.3. The topological polar surface area (TPSA) is 131 Å². The van der Waals surface area contributed by atoms with E-state index in [0.29, 0.717) is 12.8 Å². The van der Waals surface area contributed by atoms with Crippen molar-refractivity contribution in [3.63, 3.8) is 0 Å². The van der Waals surface area contributed by atoms with E-state index in [4.69, 9.17) is 13.8 Å². The molecule has 10 heteroatoms. The summed E-state index contributed by atoms with van der Waals surface area (Å²) in [5.41, 5.74) is 0. The molecule has 0 aromatic carbocycles. The molecule has 0 saturated heterocycles. The molecule has 0 bridgehead atoms. The van der Waals surface area contributed by atoms with Gasteiger partial charge in [0, 0.05) is 19.4 Å². The molecule has 9 nitrogen and oxygen atoms in total. The van der Waals surface area contributed by atoms with Crippen LogP contribution in [0.15, 0.2) is 97.2 Å². The Bertz CT molecular complexity index is 1320. The molecule has 0 fully saturated rings. The van der Waals surface area contributed by atoms with Crippen molar-refractivity contribution in [2.45, 2.75) is 187 Å². The van der Waals surface area contributed by atoms with Crippen LogP contribution in [0.2, 0.25) is 0 Å². The highest BCUT2D eigenvalue weighted by molar-refractivity contribution is 7.47. The van der Waals surface area contributed by atoms with Crippen LogP contribution in [0.5, 0.6) is 0 Å². The molecule has 61 heavy (non-hydrogen) atoms. The third kappa shape index (κ3) is 47.8. The summed E-state index contributed by atoms with van der Waals surface area (Å²) >= 11 is 0. The van der Waals surface area contributed by atoms with E-state index in [9.17, 15) is 24.2 Å². The van der Waals surface area contributed by atoms with Gasteiger partial charge in [0.05, 0.1) is 13.2 Å². The van der Waals surface area contributed by atoms with Crippen LogP contribution in [0.25, 0.3) is 0 Å². The Morgan fingerprint density at radius 1 is 0.525 bits per heavy atom. The number of unbranched alkanes of at least 4 members (excludes halogenated alkanes) is 14. The van der Waals surface area contributed by atoms with Crippen molar-refractivity contribution in [2.24, 2.45) is 0 Å². The minimum Gasteiger partial charge on any atom is -0.463 e. The lowest BCUT2D eigenvalue weighted by Gasteiger charge is -2.15. The number of rotatable bonds is 43. The van der Waals surface area contributed by atoms with Crippen LogP contribution in [0.4, 0.5) is 0 Å². The number of carbonyl (C=O) groups is 2. The van der Waals surface area contributed by atoms with E-state index in [2.05, 4.69) is 104 Å². The third-order valence-corrected chi connectivity index (χ3v) is 10.5. The standard InChI is InChI=1S/C51H86NO8P/c1-3-5-7-9-11-13-15-17-19-21-23-24-26-27-29-31-33-35-37-39-41-43-50(54)52-45-46-59-61(56,57)60-48-49(53)47-58-51(55)44-42-40-38-36-34-32-30-28-25-22-20-18-16-14-12-10-8-6-4-2/h6,8,11-14,17-20,25,28,32,34,38,40,49,53H,3-5,7,9-10,15-16,21-24,26-27,29-31,33,35-37,39,41-48H2,1-2H3,(H,52,54)(H,56,57)/b8-6-,13-11-,14-12-,19-17-,20-18-,28-25-,34-32-,40-38-. The van der Waals surface area contributed by atoms with Crippen molar-refractivity contribution in [2.75, 3.05) is 26.4 Å². The Morgan fingerprint density at radius 2 is 0.951 bits per heavy atom. The number of ether oxygens (including phenoxy) is 1. The van der Waals surface area contributed by atoms with E-state index in [1.807, 2.05) is 12.2 Å². The first kappa shape index (κ1) is 57.9. The highest BCUT2D eigenvalue weighted by atomic mass is 31.2. The van der Waals surface area contributed by atoms with E-state index >= 15 is 0 Å². The van der Waals surface area contributed by atoms with Gasteiger partial charge in [0.1, 0.15) is 12.7 Å². The average molecular weight is 872 g/mol. The highest BCUT2D eigenvalue weighted by Crippen LogP contribution is 2.42. The predicted octanol–water partition coefficient (Wildman–Crippen LogP) is 13.8. The summed E-state index contributed by atoms with van der Waals surface area (Å²) < 4.78 is 26.9. The van der Waals surface area contributed by atoms with Crippen LogP contribution in [0.1, 0.15) is 181 Å². The second kappa shape index (κ2) is 46.4. The van der Waals surface area contributed by atoms with E-state index in [0.717, 1.165) is 64.2 Å². The summed E-state index contributed by atoms with van der Waals surface area (Å²) in [5, 5.41) is 12.7. The van der Waals surface area contributed by atoms with Gasteiger partial charge in [-0.15, -0.1) is 0 Å². The summed E-state index contributed by atoms with van der Waals surface area (Å²) in [7, 11) is -4.44. The molecule has 348 valence electrons. The van der Waals surface area contributed by atoms with E-state index in [-0.39, 0.29) is 32.1 Å². The van der Waals surface area contributed by atoms with Crippen molar-refractivity contribution in [1.82, 2.24) is 5.32 Å². The van der Waals surface area contributed by atoms with Gasteiger partial charge in [-0.2, -0.15) is 0 Å². The van der Waals surface area contributed by atoms with E-state index in [1.54, 1.807) is 0 Å². The highest BCUT2D eigenvalue weighted by Gasteiger charge is 2.23. The van der Waals surface area contributed by atoms with Crippen molar-refractivity contribution in [3.05, 3.63) is 97.2 Å². The summed E-state index contributed by atoms with van der Waals surface area (Å²) in [6, 6.07) is 0. The van der Waals surface area contributed by atoms with Gasteiger partial charge in [-0.25, -0.2) is 4.57 Å². The van der Waals surface area contributed by atoms with Crippen molar-refractivity contribution >= 4 is 19.7 Å². The second-order valence-corrected chi connectivity index (χ2v) is 16.8. The number of hydrogen-bond donors (Lipinski definition) is 3.